The number of carbonyl (C=O) groups excluding carboxylic acids is 1. The molecule has 1 unspecified atom stereocenters. The van der Waals surface area contributed by atoms with Crippen LogP contribution in [0.15, 0.2) is 55.1 Å². The number of nitrogens with one attached hydrogen (secondary N) is 1. The second kappa shape index (κ2) is 8.18. The minimum absolute atomic E-state index is 0.120. The lowest BCUT2D eigenvalue weighted by Crippen LogP contribution is -2.44. The molecule has 1 aromatic carbocycles. The molecule has 3 heterocycles. The van der Waals surface area contributed by atoms with Gasteiger partial charge in [-0.3, -0.25) is 0 Å². The molecule has 2 aromatic heterocycles. The van der Waals surface area contributed by atoms with Gasteiger partial charge in [0.05, 0.1) is 31.2 Å². The fourth-order valence-electron chi connectivity index (χ4n) is 3.11. The van der Waals surface area contributed by atoms with Crippen molar-refractivity contribution >= 4 is 11.7 Å². The van der Waals surface area contributed by atoms with E-state index >= 15 is 0 Å². The standard InChI is InChI=1S/C20H22N6O2/c1-2-15-4-6-16(7-5-15)18-14-25(10-11-28-18)20(27)24-17-12-23-26(13-17)19-21-8-3-9-22-19/h3-9,12-13,18H,2,10-11,14H2,1H3,(H,24,27). The van der Waals surface area contributed by atoms with Gasteiger partial charge in [-0.25, -0.2) is 19.4 Å². The first kappa shape index (κ1) is 18.1. The Bertz CT molecular complexity index is 925. The summed E-state index contributed by atoms with van der Waals surface area (Å²) < 4.78 is 7.40. The van der Waals surface area contributed by atoms with Crippen LogP contribution in [0.5, 0.6) is 0 Å². The number of carbonyl (C=O) groups is 1. The van der Waals surface area contributed by atoms with Crippen LogP contribution in [0, 0.1) is 0 Å². The summed E-state index contributed by atoms with van der Waals surface area (Å²) in [5.74, 6) is 0.449. The molecule has 0 spiro atoms. The van der Waals surface area contributed by atoms with Crippen molar-refractivity contribution in [3.63, 3.8) is 0 Å². The molecule has 0 saturated carbocycles. The molecule has 1 atom stereocenters. The molecule has 1 saturated heterocycles. The number of rotatable bonds is 4. The Balaban J connectivity index is 1.40. The molecular formula is C20H22N6O2. The first-order chi connectivity index (χ1) is 13.7. The van der Waals surface area contributed by atoms with Crippen molar-refractivity contribution in [3.05, 3.63) is 66.2 Å². The quantitative estimate of drug-likeness (QED) is 0.755. The highest BCUT2D eigenvalue weighted by Gasteiger charge is 2.25. The number of urea groups is 1. The second-order valence-electron chi connectivity index (χ2n) is 6.55. The summed E-state index contributed by atoms with van der Waals surface area (Å²) >= 11 is 0. The topological polar surface area (TPSA) is 85.2 Å². The van der Waals surface area contributed by atoms with Gasteiger partial charge in [0.2, 0.25) is 5.95 Å². The highest BCUT2D eigenvalue weighted by Crippen LogP contribution is 2.23. The minimum atomic E-state index is -0.174. The van der Waals surface area contributed by atoms with Crippen LogP contribution in [0.4, 0.5) is 10.5 Å². The number of benzene rings is 1. The summed E-state index contributed by atoms with van der Waals surface area (Å²) in [5, 5.41) is 7.08. The maximum absolute atomic E-state index is 12.7. The smallest absolute Gasteiger partial charge is 0.322 e. The molecule has 8 nitrogen and oxygen atoms in total. The lowest BCUT2D eigenvalue weighted by atomic mass is 10.0. The average molecular weight is 378 g/mol. The van der Waals surface area contributed by atoms with Crippen LogP contribution in [0.2, 0.25) is 0 Å². The Morgan fingerprint density at radius 3 is 2.79 bits per heavy atom. The summed E-state index contributed by atoms with van der Waals surface area (Å²) in [4.78, 5) is 22.7. The molecule has 1 aliphatic rings. The van der Waals surface area contributed by atoms with Gasteiger partial charge in [-0.1, -0.05) is 31.2 Å². The number of aryl methyl sites for hydroxylation is 1. The molecule has 0 aliphatic carbocycles. The molecule has 4 rings (SSSR count). The summed E-state index contributed by atoms with van der Waals surface area (Å²) in [5.41, 5.74) is 2.96. The molecular weight excluding hydrogens is 356 g/mol. The van der Waals surface area contributed by atoms with Crippen LogP contribution in [-0.4, -0.2) is 50.4 Å². The van der Waals surface area contributed by atoms with Crippen molar-refractivity contribution in [1.29, 1.82) is 0 Å². The third-order valence-corrected chi connectivity index (χ3v) is 4.70. The van der Waals surface area contributed by atoms with E-state index in [-0.39, 0.29) is 12.1 Å². The van der Waals surface area contributed by atoms with Crippen molar-refractivity contribution in [2.24, 2.45) is 0 Å². The molecule has 1 N–H and O–H groups in total. The largest absolute Gasteiger partial charge is 0.370 e. The van der Waals surface area contributed by atoms with Gasteiger partial charge in [-0.15, -0.1) is 0 Å². The maximum Gasteiger partial charge on any atom is 0.322 e. The Morgan fingerprint density at radius 2 is 2.04 bits per heavy atom. The maximum atomic E-state index is 12.7. The summed E-state index contributed by atoms with van der Waals surface area (Å²) in [6.07, 6.45) is 7.43. The van der Waals surface area contributed by atoms with E-state index in [9.17, 15) is 4.79 Å². The van der Waals surface area contributed by atoms with E-state index in [1.165, 1.54) is 10.2 Å². The van der Waals surface area contributed by atoms with E-state index in [4.69, 9.17) is 4.74 Å². The van der Waals surface area contributed by atoms with Crippen molar-refractivity contribution in [3.8, 4) is 5.95 Å². The number of morpholine rings is 1. The van der Waals surface area contributed by atoms with Crippen LogP contribution < -0.4 is 5.32 Å². The zero-order chi connectivity index (χ0) is 19.3. The number of amides is 2. The zero-order valence-corrected chi connectivity index (χ0v) is 15.7. The van der Waals surface area contributed by atoms with E-state index in [1.807, 2.05) is 0 Å². The Kier molecular flexibility index (Phi) is 5.29. The number of ether oxygens (including phenoxy) is 1. The van der Waals surface area contributed by atoms with Gasteiger partial charge < -0.3 is 15.0 Å². The van der Waals surface area contributed by atoms with Gasteiger partial charge in [0.15, 0.2) is 0 Å². The number of hydrogen-bond donors (Lipinski definition) is 1. The first-order valence-electron chi connectivity index (χ1n) is 9.31. The molecule has 0 bridgehead atoms. The first-order valence-corrected chi connectivity index (χ1v) is 9.31. The third kappa shape index (κ3) is 4.01. The van der Waals surface area contributed by atoms with Crippen LogP contribution in [0.3, 0.4) is 0 Å². The molecule has 28 heavy (non-hydrogen) atoms. The fourth-order valence-corrected chi connectivity index (χ4v) is 3.11. The van der Waals surface area contributed by atoms with Crippen LogP contribution in [0.1, 0.15) is 24.2 Å². The Morgan fingerprint density at radius 1 is 1.25 bits per heavy atom. The molecule has 0 radical (unpaired) electrons. The molecule has 8 heteroatoms. The van der Waals surface area contributed by atoms with Crippen LogP contribution in [-0.2, 0) is 11.2 Å². The highest BCUT2D eigenvalue weighted by molar-refractivity contribution is 5.89. The molecule has 144 valence electrons. The molecule has 1 aliphatic heterocycles. The van der Waals surface area contributed by atoms with Gasteiger partial charge in [-0.05, 0) is 23.6 Å². The molecule has 3 aromatic rings. The van der Waals surface area contributed by atoms with Crippen molar-refractivity contribution < 1.29 is 9.53 Å². The molecule has 1 fully saturated rings. The third-order valence-electron chi connectivity index (χ3n) is 4.70. The Labute approximate surface area is 163 Å². The monoisotopic (exact) mass is 378 g/mol. The van der Waals surface area contributed by atoms with E-state index < -0.39 is 0 Å². The van der Waals surface area contributed by atoms with Gasteiger partial charge in [0.1, 0.15) is 6.10 Å². The van der Waals surface area contributed by atoms with E-state index in [1.54, 1.807) is 35.8 Å². The van der Waals surface area contributed by atoms with Gasteiger partial charge in [0.25, 0.3) is 0 Å². The zero-order valence-electron chi connectivity index (χ0n) is 15.7. The minimum Gasteiger partial charge on any atom is -0.370 e. The lowest BCUT2D eigenvalue weighted by Gasteiger charge is -2.33. The summed E-state index contributed by atoms with van der Waals surface area (Å²) in [7, 11) is 0. The normalized spacial score (nSPS) is 16.8. The van der Waals surface area contributed by atoms with Crippen molar-refractivity contribution in [1.82, 2.24) is 24.6 Å². The van der Waals surface area contributed by atoms with Crippen molar-refractivity contribution in [2.45, 2.75) is 19.4 Å². The highest BCUT2D eigenvalue weighted by atomic mass is 16.5. The van der Waals surface area contributed by atoms with Gasteiger partial charge >= 0.3 is 6.03 Å². The fraction of sp³-hybridized carbons (Fsp3) is 0.300. The van der Waals surface area contributed by atoms with Gasteiger partial charge in [0, 0.05) is 18.9 Å². The SMILES string of the molecule is CCc1ccc(C2CN(C(=O)Nc3cnn(-c4ncccn4)c3)CCO2)cc1. The van der Waals surface area contributed by atoms with E-state index in [0.717, 1.165) is 12.0 Å². The van der Waals surface area contributed by atoms with E-state index in [0.29, 0.717) is 31.3 Å². The van der Waals surface area contributed by atoms with Crippen molar-refractivity contribution in [2.75, 3.05) is 25.0 Å². The van der Waals surface area contributed by atoms with Gasteiger partial charge in [-0.2, -0.15) is 5.10 Å². The van der Waals surface area contributed by atoms with Crippen LogP contribution >= 0.6 is 0 Å². The predicted octanol–water partition coefficient (Wildman–Crippen LogP) is 2.83. The predicted molar refractivity (Wildman–Crippen MR) is 104 cm³/mol. The second-order valence-corrected chi connectivity index (χ2v) is 6.55. The lowest BCUT2D eigenvalue weighted by molar-refractivity contribution is -0.0135. The number of aromatic nitrogens is 4. The summed E-state index contributed by atoms with van der Waals surface area (Å²) in [6, 6.07) is 9.94. The van der Waals surface area contributed by atoms with Crippen LogP contribution in [0.25, 0.3) is 5.95 Å². The van der Waals surface area contributed by atoms with E-state index in [2.05, 4.69) is 51.6 Å². The molecule has 2 amide bonds. The Hall–Kier alpha value is -3.26. The number of hydrogen-bond acceptors (Lipinski definition) is 5. The average Bonchev–Trinajstić information content (AvgIpc) is 3.23. The number of nitrogens with zero attached hydrogens (tertiary/aromatic N) is 5. The summed E-state index contributed by atoms with van der Waals surface area (Å²) in [6.45, 7) is 3.69. The number of anilines is 1.